The second kappa shape index (κ2) is 8.74. The third-order valence-electron chi connectivity index (χ3n) is 4.84. The largest absolute Gasteiger partial charge is 0.461 e. The molecule has 1 aromatic rings. The standard InChI is InChI=1S/C21H24FNO3S/c1-3-27-11-10-26-21(25)18-13(2)23-16-8-5-9-17(24)20(16)19(18)14-6-4-7-15(22)12-14/h4,6-7,12,19,23H,3,5,8-11H2,1-2H3/t19-/m1/s1. The number of halogens is 1. The summed E-state index contributed by atoms with van der Waals surface area (Å²) in [4.78, 5) is 25.6. The molecule has 4 nitrogen and oxygen atoms in total. The summed E-state index contributed by atoms with van der Waals surface area (Å²) < 4.78 is 19.4. The van der Waals surface area contributed by atoms with E-state index in [0.29, 0.717) is 35.4 Å². The number of dihydropyridines is 1. The van der Waals surface area contributed by atoms with E-state index in [1.807, 2.05) is 13.8 Å². The van der Waals surface area contributed by atoms with E-state index in [0.717, 1.165) is 30.0 Å². The number of Topliss-reactive ketones (excluding diaryl/α,β-unsaturated/α-hetero) is 1. The number of rotatable bonds is 6. The topological polar surface area (TPSA) is 55.4 Å². The summed E-state index contributed by atoms with van der Waals surface area (Å²) in [5, 5.41) is 3.23. The molecule has 1 N–H and O–H groups in total. The number of carbonyl (C=O) groups is 2. The van der Waals surface area contributed by atoms with Gasteiger partial charge in [0.2, 0.25) is 0 Å². The third kappa shape index (κ3) is 4.26. The summed E-state index contributed by atoms with van der Waals surface area (Å²) in [7, 11) is 0. The maximum Gasteiger partial charge on any atom is 0.336 e. The molecule has 1 heterocycles. The van der Waals surface area contributed by atoms with Crippen LogP contribution in [0.5, 0.6) is 0 Å². The Bertz CT molecular complexity index is 815. The minimum atomic E-state index is -0.587. The van der Waals surface area contributed by atoms with Gasteiger partial charge in [0.25, 0.3) is 0 Å². The number of hydrogen-bond acceptors (Lipinski definition) is 5. The van der Waals surface area contributed by atoms with Crippen molar-refractivity contribution in [2.75, 3.05) is 18.1 Å². The van der Waals surface area contributed by atoms with E-state index < -0.39 is 11.9 Å². The van der Waals surface area contributed by atoms with E-state index in [-0.39, 0.29) is 11.6 Å². The molecule has 0 saturated heterocycles. The summed E-state index contributed by atoms with van der Waals surface area (Å²) in [6, 6.07) is 6.13. The van der Waals surface area contributed by atoms with E-state index in [1.165, 1.54) is 12.1 Å². The zero-order valence-corrected chi connectivity index (χ0v) is 16.5. The van der Waals surface area contributed by atoms with Gasteiger partial charge in [0.1, 0.15) is 12.4 Å². The highest BCUT2D eigenvalue weighted by Crippen LogP contribution is 2.42. The van der Waals surface area contributed by atoms with Gasteiger partial charge in [-0.25, -0.2) is 9.18 Å². The molecule has 144 valence electrons. The first-order chi connectivity index (χ1) is 13.0. The van der Waals surface area contributed by atoms with Crippen LogP contribution in [0.3, 0.4) is 0 Å². The quantitative estimate of drug-likeness (QED) is 0.587. The molecule has 6 heteroatoms. The molecule has 1 aliphatic heterocycles. The predicted octanol–water partition coefficient (Wildman–Crippen LogP) is 4.09. The number of allylic oxidation sites excluding steroid dienone is 3. The summed E-state index contributed by atoms with van der Waals surface area (Å²) in [5.41, 5.74) is 3.10. The smallest absolute Gasteiger partial charge is 0.336 e. The Morgan fingerprint density at radius 1 is 1.37 bits per heavy atom. The zero-order chi connectivity index (χ0) is 19.4. The van der Waals surface area contributed by atoms with Crippen LogP contribution in [0.2, 0.25) is 0 Å². The van der Waals surface area contributed by atoms with Gasteiger partial charge in [-0.05, 0) is 43.2 Å². The normalized spacial score (nSPS) is 19.7. The van der Waals surface area contributed by atoms with Crippen LogP contribution in [0.25, 0.3) is 0 Å². The van der Waals surface area contributed by atoms with Crippen molar-refractivity contribution in [1.82, 2.24) is 5.32 Å². The molecule has 3 rings (SSSR count). The summed E-state index contributed by atoms with van der Waals surface area (Å²) in [6.07, 6.45) is 1.97. The van der Waals surface area contributed by atoms with Crippen molar-refractivity contribution in [2.24, 2.45) is 0 Å². The number of ketones is 1. The van der Waals surface area contributed by atoms with Crippen molar-refractivity contribution in [1.29, 1.82) is 0 Å². The van der Waals surface area contributed by atoms with Crippen LogP contribution in [-0.2, 0) is 14.3 Å². The number of ether oxygens (including phenoxy) is 1. The first-order valence-corrected chi connectivity index (χ1v) is 10.4. The fraction of sp³-hybridized carbons (Fsp3) is 0.429. The molecule has 0 aromatic heterocycles. The highest BCUT2D eigenvalue weighted by Gasteiger charge is 2.39. The molecule has 1 atom stereocenters. The Labute approximate surface area is 163 Å². The maximum atomic E-state index is 13.9. The monoisotopic (exact) mass is 389 g/mol. The van der Waals surface area contributed by atoms with Crippen LogP contribution in [-0.4, -0.2) is 29.9 Å². The van der Waals surface area contributed by atoms with Gasteiger partial charge in [-0.2, -0.15) is 11.8 Å². The van der Waals surface area contributed by atoms with Crippen molar-refractivity contribution in [3.05, 3.63) is 58.2 Å². The Hall–Kier alpha value is -2.08. The number of nitrogens with one attached hydrogen (secondary N) is 1. The first kappa shape index (κ1) is 19.7. The molecule has 0 spiro atoms. The third-order valence-corrected chi connectivity index (χ3v) is 5.71. The lowest BCUT2D eigenvalue weighted by atomic mass is 9.75. The fourth-order valence-corrected chi connectivity index (χ4v) is 4.18. The molecule has 27 heavy (non-hydrogen) atoms. The molecule has 1 aromatic carbocycles. The van der Waals surface area contributed by atoms with Crippen molar-refractivity contribution in [3.63, 3.8) is 0 Å². The average molecular weight is 389 g/mol. The lowest BCUT2D eigenvalue weighted by Crippen LogP contribution is -2.34. The van der Waals surface area contributed by atoms with Crippen molar-refractivity contribution >= 4 is 23.5 Å². The second-order valence-corrected chi connectivity index (χ2v) is 8.05. The van der Waals surface area contributed by atoms with Gasteiger partial charge < -0.3 is 10.1 Å². The van der Waals surface area contributed by atoms with E-state index >= 15 is 0 Å². The summed E-state index contributed by atoms with van der Waals surface area (Å²) in [6.45, 7) is 4.17. The van der Waals surface area contributed by atoms with Gasteiger partial charge in [0.15, 0.2) is 5.78 Å². The lowest BCUT2D eigenvalue weighted by Gasteiger charge is -2.34. The van der Waals surface area contributed by atoms with Crippen LogP contribution in [0.15, 0.2) is 46.8 Å². The minimum absolute atomic E-state index is 0.0114. The molecule has 0 unspecified atom stereocenters. The maximum absolute atomic E-state index is 13.9. The summed E-state index contributed by atoms with van der Waals surface area (Å²) in [5.74, 6) is 0.266. The molecule has 0 radical (unpaired) electrons. The lowest BCUT2D eigenvalue weighted by molar-refractivity contribution is -0.138. The fourth-order valence-electron chi connectivity index (χ4n) is 3.69. The highest BCUT2D eigenvalue weighted by atomic mass is 32.2. The van der Waals surface area contributed by atoms with E-state index in [9.17, 15) is 14.0 Å². The molecule has 0 saturated carbocycles. The molecule has 1 aliphatic carbocycles. The number of benzene rings is 1. The van der Waals surface area contributed by atoms with E-state index in [1.54, 1.807) is 23.9 Å². The second-order valence-electron chi connectivity index (χ2n) is 6.65. The molecule has 0 amide bonds. The highest BCUT2D eigenvalue weighted by molar-refractivity contribution is 7.99. The molecule has 0 fully saturated rings. The number of hydrogen-bond donors (Lipinski definition) is 1. The predicted molar refractivity (Wildman–Crippen MR) is 105 cm³/mol. The molecule has 0 bridgehead atoms. The van der Waals surface area contributed by atoms with Gasteiger partial charge in [0, 0.05) is 35.1 Å². The van der Waals surface area contributed by atoms with Crippen LogP contribution in [0.4, 0.5) is 4.39 Å². The van der Waals surface area contributed by atoms with E-state index in [2.05, 4.69) is 5.32 Å². The van der Waals surface area contributed by atoms with Crippen molar-refractivity contribution < 1.29 is 18.7 Å². The first-order valence-electron chi connectivity index (χ1n) is 9.27. The van der Waals surface area contributed by atoms with Crippen LogP contribution in [0, 0.1) is 5.82 Å². The molecule has 2 aliphatic rings. The SMILES string of the molecule is CCSCCOC(=O)C1=C(C)NC2=C(C(=O)CCC2)[C@@H]1c1cccc(F)c1. The van der Waals surface area contributed by atoms with Crippen molar-refractivity contribution in [2.45, 2.75) is 39.0 Å². The average Bonchev–Trinajstić information content (AvgIpc) is 2.64. The number of carbonyl (C=O) groups excluding carboxylic acids is 2. The van der Waals surface area contributed by atoms with E-state index in [4.69, 9.17) is 4.74 Å². The van der Waals surface area contributed by atoms with Gasteiger partial charge in [-0.3, -0.25) is 4.79 Å². The number of esters is 1. The number of thioether (sulfide) groups is 1. The van der Waals surface area contributed by atoms with Gasteiger partial charge in [-0.1, -0.05) is 19.1 Å². The van der Waals surface area contributed by atoms with Crippen LogP contribution >= 0.6 is 11.8 Å². The van der Waals surface area contributed by atoms with Gasteiger partial charge in [-0.15, -0.1) is 0 Å². The van der Waals surface area contributed by atoms with Gasteiger partial charge in [0.05, 0.1) is 5.57 Å². The molecular weight excluding hydrogens is 365 g/mol. The summed E-state index contributed by atoms with van der Waals surface area (Å²) >= 11 is 1.69. The van der Waals surface area contributed by atoms with Gasteiger partial charge >= 0.3 is 5.97 Å². The zero-order valence-electron chi connectivity index (χ0n) is 15.6. The molecular formula is C21H24FNO3S. The Morgan fingerprint density at radius 2 is 2.19 bits per heavy atom. The Balaban J connectivity index is 1.99. The Morgan fingerprint density at radius 3 is 2.93 bits per heavy atom. The minimum Gasteiger partial charge on any atom is -0.461 e. The Kier molecular flexibility index (Phi) is 6.37. The van der Waals surface area contributed by atoms with Crippen molar-refractivity contribution in [3.8, 4) is 0 Å². The van der Waals surface area contributed by atoms with Crippen LogP contribution < -0.4 is 5.32 Å². The van der Waals surface area contributed by atoms with Crippen LogP contribution in [0.1, 0.15) is 44.6 Å².